The molecule has 5 nitrogen and oxygen atoms in total. The molecule has 0 fully saturated rings. The predicted molar refractivity (Wildman–Crippen MR) is 51.5 cm³/mol. The second kappa shape index (κ2) is 4.76. The van der Waals surface area contributed by atoms with E-state index < -0.39 is 12.0 Å². The topological polar surface area (TPSA) is 70.1 Å². The monoisotopic (exact) mass is 197 g/mol. The van der Waals surface area contributed by atoms with Crippen LogP contribution in [-0.4, -0.2) is 22.1 Å². The molecular formula is C9H15N3O2. The van der Waals surface area contributed by atoms with Crippen molar-refractivity contribution in [3.63, 3.8) is 0 Å². The smallest absolute Gasteiger partial charge is 0.329 e. The highest BCUT2D eigenvalue weighted by Crippen LogP contribution is 2.11. The fourth-order valence-corrected chi connectivity index (χ4v) is 1.21. The molecular weight excluding hydrogens is 182 g/mol. The van der Waals surface area contributed by atoms with E-state index in [0.717, 1.165) is 6.54 Å². The van der Waals surface area contributed by atoms with E-state index in [0.29, 0.717) is 12.3 Å². The van der Waals surface area contributed by atoms with Gasteiger partial charge in [0.2, 0.25) is 0 Å². The van der Waals surface area contributed by atoms with Crippen LogP contribution in [0, 0.1) is 0 Å². The lowest BCUT2D eigenvalue weighted by molar-refractivity contribution is -0.145. The molecule has 0 aliphatic carbocycles. The van der Waals surface area contributed by atoms with Crippen molar-refractivity contribution in [2.24, 2.45) is 5.73 Å². The van der Waals surface area contributed by atoms with Crippen LogP contribution in [0.15, 0.2) is 12.5 Å². The Labute approximate surface area is 82.9 Å². The summed E-state index contributed by atoms with van der Waals surface area (Å²) in [5.41, 5.74) is 6.40. The van der Waals surface area contributed by atoms with Crippen LogP contribution in [0.5, 0.6) is 0 Å². The molecule has 14 heavy (non-hydrogen) atoms. The van der Waals surface area contributed by atoms with Crippen molar-refractivity contribution >= 4 is 5.97 Å². The molecule has 1 rings (SSSR count). The second-order valence-electron chi connectivity index (χ2n) is 2.83. The molecule has 1 aromatic heterocycles. The molecule has 0 aromatic carbocycles. The zero-order valence-electron chi connectivity index (χ0n) is 8.43. The summed E-state index contributed by atoms with van der Waals surface area (Å²) in [6, 6.07) is -0.739. The van der Waals surface area contributed by atoms with Gasteiger partial charge in [0.05, 0.1) is 24.8 Å². The van der Waals surface area contributed by atoms with E-state index in [4.69, 9.17) is 10.5 Å². The predicted octanol–water partition coefficient (Wildman–Crippen LogP) is 0.466. The van der Waals surface area contributed by atoms with Crippen molar-refractivity contribution in [2.45, 2.75) is 26.4 Å². The molecule has 1 aromatic rings. The summed E-state index contributed by atoms with van der Waals surface area (Å²) in [5, 5.41) is 0. The van der Waals surface area contributed by atoms with Crippen LogP contribution in [0.2, 0.25) is 0 Å². The van der Waals surface area contributed by atoms with Crippen molar-refractivity contribution in [3.05, 3.63) is 18.2 Å². The third kappa shape index (κ3) is 2.11. The molecule has 78 valence electrons. The molecule has 1 heterocycles. The van der Waals surface area contributed by atoms with Gasteiger partial charge in [-0.2, -0.15) is 0 Å². The normalized spacial score (nSPS) is 12.5. The molecule has 0 spiro atoms. The number of rotatable bonds is 4. The third-order valence-electron chi connectivity index (χ3n) is 1.94. The van der Waals surface area contributed by atoms with Crippen LogP contribution >= 0.6 is 0 Å². The maximum Gasteiger partial charge on any atom is 0.329 e. The number of carbonyl (C=O) groups excluding carboxylic acids is 1. The Morgan fingerprint density at radius 1 is 1.71 bits per heavy atom. The van der Waals surface area contributed by atoms with E-state index in [2.05, 4.69) is 4.98 Å². The second-order valence-corrected chi connectivity index (χ2v) is 2.83. The van der Waals surface area contributed by atoms with Gasteiger partial charge in [-0.15, -0.1) is 0 Å². The fourth-order valence-electron chi connectivity index (χ4n) is 1.21. The number of aryl methyl sites for hydroxylation is 1. The van der Waals surface area contributed by atoms with E-state index in [9.17, 15) is 4.79 Å². The average Bonchev–Trinajstić information content (AvgIpc) is 2.64. The van der Waals surface area contributed by atoms with E-state index in [-0.39, 0.29) is 0 Å². The summed E-state index contributed by atoms with van der Waals surface area (Å²) >= 11 is 0. The Bertz CT molecular complexity index is 309. The number of aromatic nitrogens is 2. The van der Waals surface area contributed by atoms with Crippen LogP contribution < -0.4 is 5.73 Å². The lowest BCUT2D eigenvalue weighted by Crippen LogP contribution is -2.26. The van der Waals surface area contributed by atoms with Gasteiger partial charge in [-0.1, -0.05) is 0 Å². The first-order valence-electron chi connectivity index (χ1n) is 4.62. The SMILES string of the molecule is CCOC(=O)C(N)c1cncn1CC. The van der Waals surface area contributed by atoms with E-state index in [1.807, 2.05) is 11.5 Å². The summed E-state index contributed by atoms with van der Waals surface area (Å²) in [7, 11) is 0. The van der Waals surface area contributed by atoms with Gasteiger partial charge in [0.1, 0.15) is 6.04 Å². The molecule has 0 bridgehead atoms. The van der Waals surface area contributed by atoms with Gasteiger partial charge in [0.15, 0.2) is 0 Å². The number of carbonyl (C=O) groups is 1. The fraction of sp³-hybridized carbons (Fsp3) is 0.556. The lowest BCUT2D eigenvalue weighted by atomic mass is 10.2. The number of imidazole rings is 1. The van der Waals surface area contributed by atoms with Gasteiger partial charge < -0.3 is 15.0 Å². The largest absolute Gasteiger partial charge is 0.465 e. The van der Waals surface area contributed by atoms with Crippen molar-refractivity contribution in [2.75, 3.05) is 6.61 Å². The quantitative estimate of drug-likeness (QED) is 0.712. The summed E-state index contributed by atoms with van der Waals surface area (Å²) in [6.45, 7) is 4.79. The first kappa shape index (κ1) is 10.7. The maximum atomic E-state index is 11.3. The van der Waals surface area contributed by atoms with Crippen molar-refractivity contribution in [1.29, 1.82) is 0 Å². The van der Waals surface area contributed by atoms with Gasteiger partial charge in [0.25, 0.3) is 0 Å². The molecule has 0 amide bonds. The number of nitrogens with zero attached hydrogens (tertiary/aromatic N) is 2. The zero-order chi connectivity index (χ0) is 10.6. The molecule has 5 heteroatoms. The molecule has 0 saturated heterocycles. The van der Waals surface area contributed by atoms with Crippen molar-refractivity contribution in [3.8, 4) is 0 Å². The zero-order valence-corrected chi connectivity index (χ0v) is 8.43. The van der Waals surface area contributed by atoms with Gasteiger partial charge in [-0.3, -0.25) is 0 Å². The van der Waals surface area contributed by atoms with Crippen LogP contribution in [0.4, 0.5) is 0 Å². The van der Waals surface area contributed by atoms with Crippen LogP contribution in [0.3, 0.4) is 0 Å². The highest BCUT2D eigenvalue weighted by atomic mass is 16.5. The molecule has 0 saturated carbocycles. The minimum absolute atomic E-state index is 0.340. The number of ether oxygens (including phenoxy) is 1. The van der Waals surface area contributed by atoms with Crippen LogP contribution in [0.1, 0.15) is 25.6 Å². The van der Waals surface area contributed by atoms with E-state index in [1.165, 1.54) is 0 Å². The molecule has 1 unspecified atom stereocenters. The molecule has 0 radical (unpaired) electrons. The van der Waals surface area contributed by atoms with Crippen LogP contribution in [0.25, 0.3) is 0 Å². The standard InChI is InChI=1S/C9H15N3O2/c1-3-12-6-11-5-7(12)8(10)9(13)14-4-2/h5-6,8H,3-4,10H2,1-2H3. The minimum atomic E-state index is -0.739. The Hall–Kier alpha value is -1.36. The molecule has 1 atom stereocenters. The van der Waals surface area contributed by atoms with Crippen LogP contribution in [-0.2, 0) is 16.1 Å². The first-order chi connectivity index (χ1) is 6.70. The van der Waals surface area contributed by atoms with E-state index >= 15 is 0 Å². The molecule has 0 aliphatic rings. The highest BCUT2D eigenvalue weighted by molar-refractivity contribution is 5.76. The van der Waals surface area contributed by atoms with Gasteiger partial charge in [-0.05, 0) is 13.8 Å². The van der Waals surface area contributed by atoms with Gasteiger partial charge in [-0.25, -0.2) is 9.78 Å². The minimum Gasteiger partial charge on any atom is -0.465 e. The van der Waals surface area contributed by atoms with E-state index in [1.54, 1.807) is 19.4 Å². The van der Waals surface area contributed by atoms with Crippen molar-refractivity contribution < 1.29 is 9.53 Å². The number of hydrogen-bond acceptors (Lipinski definition) is 4. The highest BCUT2D eigenvalue weighted by Gasteiger charge is 2.20. The van der Waals surface area contributed by atoms with Gasteiger partial charge >= 0.3 is 5.97 Å². The third-order valence-corrected chi connectivity index (χ3v) is 1.94. The Kier molecular flexibility index (Phi) is 3.64. The number of nitrogens with two attached hydrogens (primary N) is 1. The molecule has 0 aliphatic heterocycles. The van der Waals surface area contributed by atoms with Gasteiger partial charge in [0, 0.05) is 6.54 Å². The number of esters is 1. The summed E-state index contributed by atoms with van der Waals surface area (Å²) in [4.78, 5) is 15.3. The Morgan fingerprint density at radius 3 is 3.00 bits per heavy atom. The molecule has 2 N–H and O–H groups in total. The average molecular weight is 197 g/mol. The Morgan fingerprint density at radius 2 is 2.43 bits per heavy atom. The maximum absolute atomic E-state index is 11.3. The summed E-state index contributed by atoms with van der Waals surface area (Å²) < 4.78 is 6.64. The lowest BCUT2D eigenvalue weighted by Gasteiger charge is -2.11. The summed E-state index contributed by atoms with van der Waals surface area (Å²) in [6.07, 6.45) is 3.24. The first-order valence-corrected chi connectivity index (χ1v) is 4.62. The number of hydrogen-bond donors (Lipinski definition) is 1. The van der Waals surface area contributed by atoms with Crippen molar-refractivity contribution in [1.82, 2.24) is 9.55 Å². The summed E-state index contributed by atoms with van der Waals surface area (Å²) in [5.74, 6) is -0.414. The Balaban J connectivity index is 2.77.